The van der Waals surface area contributed by atoms with E-state index in [2.05, 4.69) is 26.1 Å². The third kappa shape index (κ3) is 4.58. The molecule has 0 spiro atoms. The molecule has 102 valence electrons. The maximum atomic E-state index is 13.8. The van der Waals surface area contributed by atoms with Crippen molar-refractivity contribution in [2.24, 2.45) is 11.8 Å². The average molecular weight is 272 g/mol. The smallest absolute Gasteiger partial charge is 0.127 e. The van der Waals surface area contributed by atoms with E-state index < -0.39 is 0 Å². The van der Waals surface area contributed by atoms with Gasteiger partial charge in [0.1, 0.15) is 5.82 Å². The second kappa shape index (κ2) is 7.75. The van der Waals surface area contributed by atoms with Gasteiger partial charge in [-0.2, -0.15) is 0 Å². The number of nitrogens with one attached hydrogen (secondary N) is 1. The zero-order chi connectivity index (χ0) is 13.5. The van der Waals surface area contributed by atoms with Crippen molar-refractivity contribution in [3.63, 3.8) is 0 Å². The first-order valence-electron chi connectivity index (χ1n) is 6.69. The van der Waals surface area contributed by atoms with Gasteiger partial charge in [-0.25, -0.2) is 4.39 Å². The SMILES string of the molecule is CCCNCC(Cc1c(F)cccc1Cl)C(C)C. The van der Waals surface area contributed by atoms with E-state index in [0.717, 1.165) is 19.5 Å². The van der Waals surface area contributed by atoms with Crippen molar-refractivity contribution in [2.45, 2.75) is 33.6 Å². The Labute approximate surface area is 115 Å². The maximum Gasteiger partial charge on any atom is 0.127 e. The summed E-state index contributed by atoms with van der Waals surface area (Å²) in [5, 5.41) is 3.95. The van der Waals surface area contributed by atoms with E-state index in [4.69, 9.17) is 11.6 Å². The fourth-order valence-electron chi connectivity index (χ4n) is 2.00. The van der Waals surface area contributed by atoms with Crippen molar-refractivity contribution in [1.29, 1.82) is 0 Å². The molecule has 0 bridgehead atoms. The largest absolute Gasteiger partial charge is 0.316 e. The van der Waals surface area contributed by atoms with Crippen molar-refractivity contribution in [3.8, 4) is 0 Å². The molecule has 0 fully saturated rings. The summed E-state index contributed by atoms with van der Waals surface area (Å²) in [6.07, 6.45) is 1.81. The van der Waals surface area contributed by atoms with Crippen molar-refractivity contribution in [3.05, 3.63) is 34.6 Å². The lowest BCUT2D eigenvalue weighted by Crippen LogP contribution is -2.28. The van der Waals surface area contributed by atoms with Crippen molar-refractivity contribution in [1.82, 2.24) is 5.32 Å². The Hall–Kier alpha value is -0.600. The van der Waals surface area contributed by atoms with Crippen LogP contribution in [0.1, 0.15) is 32.8 Å². The van der Waals surface area contributed by atoms with Crippen LogP contribution in [0.2, 0.25) is 5.02 Å². The Morgan fingerprint density at radius 3 is 2.61 bits per heavy atom. The first-order chi connectivity index (χ1) is 8.56. The van der Waals surface area contributed by atoms with Gasteiger partial charge in [0.2, 0.25) is 0 Å². The lowest BCUT2D eigenvalue weighted by Gasteiger charge is -2.22. The van der Waals surface area contributed by atoms with Crippen LogP contribution in [0.5, 0.6) is 0 Å². The minimum atomic E-state index is -0.191. The van der Waals surface area contributed by atoms with E-state index in [-0.39, 0.29) is 5.82 Å². The topological polar surface area (TPSA) is 12.0 Å². The summed E-state index contributed by atoms with van der Waals surface area (Å²) in [5.74, 6) is 0.722. The summed E-state index contributed by atoms with van der Waals surface area (Å²) < 4.78 is 13.8. The minimum absolute atomic E-state index is 0.191. The fraction of sp³-hybridized carbons (Fsp3) is 0.600. The van der Waals surface area contributed by atoms with Gasteiger partial charge in [-0.1, -0.05) is 38.4 Å². The molecule has 0 heterocycles. The molecule has 1 unspecified atom stereocenters. The normalized spacial score (nSPS) is 13.0. The number of halogens is 2. The first kappa shape index (κ1) is 15.5. The molecule has 0 radical (unpaired) electrons. The molecule has 0 aromatic heterocycles. The molecular formula is C15H23ClFN. The first-order valence-corrected chi connectivity index (χ1v) is 7.07. The number of rotatable bonds is 7. The molecule has 0 aliphatic carbocycles. The van der Waals surface area contributed by atoms with E-state index in [1.807, 2.05) is 0 Å². The van der Waals surface area contributed by atoms with Gasteiger partial charge in [-0.15, -0.1) is 0 Å². The van der Waals surface area contributed by atoms with Crippen molar-refractivity contribution in [2.75, 3.05) is 13.1 Å². The van der Waals surface area contributed by atoms with Gasteiger partial charge >= 0.3 is 0 Å². The Morgan fingerprint density at radius 1 is 1.33 bits per heavy atom. The highest BCUT2D eigenvalue weighted by Gasteiger charge is 2.17. The summed E-state index contributed by atoms with van der Waals surface area (Å²) in [6, 6.07) is 4.90. The number of benzene rings is 1. The Morgan fingerprint density at radius 2 is 2.06 bits per heavy atom. The molecule has 0 saturated carbocycles. The third-order valence-corrected chi connectivity index (χ3v) is 3.66. The molecule has 1 nitrogen and oxygen atoms in total. The molecule has 1 rings (SSSR count). The maximum absolute atomic E-state index is 13.8. The molecule has 1 aromatic carbocycles. The summed E-state index contributed by atoms with van der Waals surface area (Å²) >= 11 is 6.08. The zero-order valence-electron chi connectivity index (χ0n) is 11.5. The lowest BCUT2D eigenvalue weighted by atomic mass is 9.89. The van der Waals surface area contributed by atoms with Gasteiger partial charge in [-0.05, 0) is 49.9 Å². The number of hydrogen-bond acceptors (Lipinski definition) is 1. The van der Waals surface area contributed by atoms with Crippen LogP contribution in [-0.2, 0) is 6.42 Å². The Bertz CT molecular complexity index is 345. The second-order valence-electron chi connectivity index (χ2n) is 5.11. The van der Waals surface area contributed by atoms with Gasteiger partial charge in [0.15, 0.2) is 0 Å². The van der Waals surface area contributed by atoms with E-state index in [1.54, 1.807) is 12.1 Å². The van der Waals surface area contributed by atoms with Crippen LogP contribution >= 0.6 is 11.6 Å². The molecular weight excluding hydrogens is 249 g/mol. The van der Waals surface area contributed by atoms with E-state index in [1.165, 1.54) is 6.07 Å². The standard InChI is InChI=1S/C15H23ClFN/c1-4-8-18-10-12(11(2)3)9-13-14(16)6-5-7-15(13)17/h5-7,11-12,18H,4,8-10H2,1-3H3. The van der Waals surface area contributed by atoms with E-state index >= 15 is 0 Å². The van der Waals surface area contributed by atoms with E-state index in [9.17, 15) is 4.39 Å². The van der Waals surface area contributed by atoms with Gasteiger partial charge in [-0.3, -0.25) is 0 Å². The summed E-state index contributed by atoms with van der Waals surface area (Å²) in [5.41, 5.74) is 0.649. The predicted octanol–water partition coefficient (Wildman–Crippen LogP) is 4.29. The molecule has 1 N–H and O–H groups in total. The van der Waals surface area contributed by atoms with Crippen LogP contribution in [0, 0.1) is 17.7 Å². The quantitative estimate of drug-likeness (QED) is 0.730. The highest BCUT2D eigenvalue weighted by molar-refractivity contribution is 6.31. The highest BCUT2D eigenvalue weighted by atomic mass is 35.5. The summed E-state index contributed by atoms with van der Waals surface area (Å²) in [6.45, 7) is 8.41. The van der Waals surface area contributed by atoms with Gasteiger partial charge < -0.3 is 5.32 Å². The van der Waals surface area contributed by atoms with Gasteiger partial charge in [0, 0.05) is 10.6 Å². The molecule has 0 aliphatic heterocycles. The van der Waals surface area contributed by atoms with Crippen LogP contribution in [0.15, 0.2) is 18.2 Å². The molecule has 0 amide bonds. The third-order valence-electron chi connectivity index (χ3n) is 3.30. The summed E-state index contributed by atoms with van der Waals surface area (Å²) in [7, 11) is 0. The van der Waals surface area contributed by atoms with Crippen molar-refractivity contribution < 1.29 is 4.39 Å². The number of hydrogen-bond donors (Lipinski definition) is 1. The van der Waals surface area contributed by atoms with Gasteiger partial charge in [0.25, 0.3) is 0 Å². The molecule has 1 atom stereocenters. The van der Waals surface area contributed by atoms with Crippen LogP contribution in [0.4, 0.5) is 4.39 Å². The molecule has 0 aliphatic rings. The minimum Gasteiger partial charge on any atom is -0.316 e. The van der Waals surface area contributed by atoms with Crippen LogP contribution in [0.25, 0.3) is 0 Å². The second-order valence-corrected chi connectivity index (χ2v) is 5.52. The van der Waals surface area contributed by atoms with Crippen molar-refractivity contribution >= 4 is 11.6 Å². The Kier molecular flexibility index (Phi) is 6.66. The monoisotopic (exact) mass is 271 g/mol. The van der Waals surface area contributed by atoms with Crippen LogP contribution in [0.3, 0.4) is 0 Å². The van der Waals surface area contributed by atoms with Crippen LogP contribution in [-0.4, -0.2) is 13.1 Å². The van der Waals surface area contributed by atoms with Gasteiger partial charge in [0.05, 0.1) is 0 Å². The van der Waals surface area contributed by atoms with Crippen LogP contribution < -0.4 is 5.32 Å². The summed E-state index contributed by atoms with van der Waals surface area (Å²) in [4.78, 5) is 0. The van der Waals surface area contributed by atoms with E-state index in [0.29, 0.717) is 28.8 Å². The molecule has 0 saturated heterocycles. The molecule has 1 aromatic rings. The predicted molar refractivity (Wildman–Crippen MR) is 76.6 cm³/mol. The fourth-order valence-corrected chi connectivity index (χ4v) is 2.24. The average Bonchev–Trinajstić information content (AvgIpc) is 2.31. The lowest BCUT2D eigenvalue weighted by molar-refractivity contribution is 0.357. The molecule has 18 heavy (non-hydrogen) atoms. The Balaban J connectivity index is 2.71. The molecule has 3 heteroatoms. The highest BCUT2D eigenvalue weighted by Crippen LogP contribution is 2.25. The zero-order valence-corrected chi connectivity index (χ0v) is 12.2.